The number of hydrogen-bond donors (Lipinski definition) is 0. The first-order chi connectivity index (χ1) is 38.2. The molecule has 0 atom stereocenters. The summed E-state index contributed by atoms with van der Waals surface area (Å²) in [6.45, 7) is 0. The van der Waals surface area contributed by atoms with E-state index in [1.54, 1.807) is 0 Å². The van der Waals surface area contributed by atoms with Crippen molar-refractivity contribution in [3.63, 3.8) is 0 Å². The Hall–Kier alpha value is -9.52. The molecule has 0 saturated carbocycles. The SMILES string of the molecule is c1ccc([Si](c2ccccc2)(c2ccccc2)c2cccc(-n3c4ccccc4c4cc(-n5c6ccc(-n7c8ccccc8c8ccccc87)cc6c6ccc(-c7ccc8c(c7)sc7ccccc78)cc65)ccc43)c2)cc1. The highest BCUT2D eigenvalue weighted by molar-refractivity contribution is 7.25. The zero-order chi connectivity index (χ0) is 50.6. The van der Waals surface area contributed by atoms with E-state index in [2.05, 4.69) is 299 Å². The molecule has 4 aromatic heterocycles. The van der Waals surface area contributed by atoms with E-state index >= 15 is 0 Å². The molecule has 0 aliphatic carbocycles. The highest BCUT2D eigenvalue weighted by Gasteiger charge is 2.41. The minimum absolute atomic E-state index is 1.12. The van der Waals surface area contributed by atoms with Crippen LogP contribution < -0.4 is 20.7 Å². The van der Waals surface area contributed by atoms with Gasteiger partial charge in [0.1, 0.15) is 0 Å². The Kier molecular flexibility index (Phi) is 9.83. The first kappa shape index (κ1) is 43.8. The van der Waals surface area contributed by atoms with Gasteiger partial charge in [-0.3, -0.25) is 0 Å². The lowest BCUT2D eigenvalue weighted by atomic mass is 10.0. The second-order valence-electron chi connectivity index (χ2n) is 20.4. The number of fused-ring (bicyclic) bond motifs is 12. The van der Waals surface area contributed by atoms with Crippen LogP contribution in [0, 0.1) is 0 Å². The summed E-state index contributed by atoms with van der Waals surface area (Å²) in [4.78, 5) is 0. The van der Waals surface area contributed by atoms with E-state index in [9.17, 15) is 0 Å². The normalized spacial score (nSPS) is 12.2. The third-order valence-electron chi connectivity index (χ3n) is 16.4. The molecular weight excluding hydrogens is 967 g/mol. The van der Waals surface area contributed by atoms with Crippen molar-refractivity contribution in [3.8, 4) is 28.2 Å². The lowest BCUT2D eigenvalue weighted by Crippen LogP contribution is -2.74. The fraction of sp³-hybridized carbons (Fsp3) is 0. The summed E-state index contributed by atoms with van der Waals surface area (Å²) in [7, 11) is -2.79. The quantitative estimate of drug-likeness (QED) is 0.106. The summed E-state index contributed by atoms with van der Waals surface area (Å²) in [5.41, 5.74) is 12.9. The second-order valence-corrected chi connectivity index (χ2v) is 25.3. The van der Waals surface area contributed by atoms with Gasteiger partial charge in [-0.1, -0.05) is 200 Å². The summed E-state index contributed by atoms with van der Waals surface area (Å²) in [6.07, 6.45) is 0. The summed E-state index contributed by atoms with van der Waals surface area (Å²) in [5, 5.41) is 15.4. The Labute approximate surface area is 450 Å². The van der Waals surface area contributed by atoms with E-state index in [0.717, 1.165) is 17.1 Å². The highest BCUT2D eigenvalue weighted by atomic mass is 32.1. The number of para-hydroxylation sites is 3. The van der Waals surface area contributed by atoms with Crippen LogP contribution in [0.15, 0.2) is 285 Å². The molecule has 0 aliphatic heterocycles. The van der Waals surface area contributed by atoms with Gasteiger partial charge in [-0.15, -0.1) is 11.3 Å². The molecule has 0 saturated heterocycles. The van der Waals surface area contributed by atoms with Crippen LogP contribution in [0.3, 0.4) is 0 Å². The van der Waals surface area contributed by atoms with Crippen molar-refractivity contribution in [1.29, 1.82) is 0 Å². The molecule has 0 fully saturated rings. The van der Waals surface area contributed by atoms with Gasteiger partial charge in [-0.05, 0) is 117 Å². The smallest absolute Gasteiger partial charge is 0.179 e. The minimum Gasteiger partial charge on any atom is -0.309 e. The van der Waals surface area contributed by atoms with Gasteiger partial charge in [-0.2, -0.15) is 0 Å². The molecule has 360 valence electrons. The Morgan fingerprint density at radius 1 is 0.221 bits per heavy atom. The Morgan fingerprint density at radius 2 is 0.610 bits per heavy atom. The third-order valence-corrected chi connectivity index (χ3v) is 22.3. The third kappa shape index (κ3) is 6.61. The van der Waals surface area contributed by atoms with E-state index in [4.69, 9.17) is 0 Å². The highest BCUT2D eigenvalue weighted by Crippen LogP contribution is 2.42. The molecule has 5 heteroatoms. The molecule has 0 spiro atoms. The molecule has 77 heavy (non-hydrogen) atoms. The maximum atomic E-state index is 2.51. The number of thiophene rings is 1. The van der Waals surface area contributed by atoms with Gasteiger partial charge in [-0.25, -0.2) is 0 Å². The van der Waals surface area contributed by atoms with Crippen LogP contribution in [0.4, 0.5) is 0 Å². The average Bonchev–Trinajstić information content (AvgIpc) is 4.27. The van der Waals surface area contributed by atoms with Crippen molar-refractivity contribution in [2.75, 3.05) is 0 Å². The predicted molar refractivity (Wildman–Crippen MR) is 331 cm³/mol. The zero-order valence-corrected chi connectivity index (χ0v) is 43.7. The van der Waals surface area contributed by atoms with Gasteiger partial charge in [0.15, 0.2) is 8.07 Å². The lowest BCUT2D eigenvalue weighted by molar-refractivity contribution is 1.16. The monoisotopic (exact) mass is 1010 g/mol. The van der Waals surface area contributed by atoms with Crippen molar-refractivity contribution in [1.82, 2.24) is 13.7 Å². The predicted octanol–water partition coefficient (Wildman–Crippen LogP) is 16.4. The maximum Gasteiger partial charge on any atom is 0.179 e. The summed E-state index contributed by atoms with van der Waals surface area (Å²) in [5.74, 6) is 0. The van der Waals surface area contributed by atoms with Gasteiger partial charge in [0.2, 0.25) is 0 Å². The summed E-state index contributed by atoms with van der Waals surface area (Å²) < 4.78 is 10.1. The molecule has 0 unspecified atom stereocenters. The Balaban J connectivity index is 0.914. The van der Waals surface area contributed by atoms with Gasteiger partial charge in [0, 0.05) is 69.6 Å². The van der Waals surface area contributed by atoms with Gasteiger partial charge in [0.05, 0.1) is 33.1 Å². The number of rotatable bonds is 8. The number of aromatic nitrogens is 3. The lowest BCUT2D eigenvalue weighted by Gasteiger charge is -2.34. The van der Waals surface area contributed by atoms with Crippen LogP contribution in [-0.2, 0) is 0 Å². The fourth-order valence-electron chi connectivity index (χ4n) is 13.0. The van der Waals surface area contributed by atoms with E-state index in [1.807, 2.05) is 11.3 Å². The van der Waals surface area contributed by atoms with Crippen LogP contribution in [0.1, 0.15) is 0 Å². The molecule has 0 amide bonds. The molecule has 0 aliphatic rings. The maximum absolute atomic E-state index is 2.79. The molecule has 0 radical (unpaired) electrons. The van der Waals surface area contributed by atoms with Crippen LogP contribution in [0.2, 0.25) is 0 Å². The van der Waals surface area contributed by atoms with Crippen LogP contribution in [0.5, 0.6) is 0 Å². The Morgan fingerprint density at radius 3 is 1.17 bits per heavy atom. The topological polar surface area (TPSA) is 14.8 Å². The summed E-state index contributed by atoms with van der Waals surface area (Å²) >= 11 is 1.87. The number of benzene rings is 12. The van der Waals surface area contributed by atoms with Crippen molar-refractivity contribution in [3.05, 3.63) is 285 Å². The van der Waals surface area contributed by atoms with Crippen LogP contribution in [0.25, 0.3) is 114 Å². The summed E-state index contributed by atoms with van der Waals surface area (Å²) in [6, 6.07) is 107. The van der Waals surface area contributed by atoms with E-state index in [1.165, 1.54) is 117 Å². The molecule has 0 N–H and O–H groups in total. The molecule has 16 aromatic rings. The first-order valence-corrected chi connectivity index (χ1v) is 29.3. The molecule has 4 heterocycles. The van der Waals surface area contributed by atoms with Crippen LogP contribution in [-0.4, -0.2) is 21.8 Å². The largest absolute Gasteiger partial charge is 0.309 e. The van der Waals surface area contributed by atoms with Gasteiger partial charge >= 0.3 is 0 Å². The molecule has 3 nitrogen and oxygen atoms in total. The number of hydrogen-bond acceptors (Lipinski definition) is 1. The fourth-order valence-corrected chi connectivity index (χ4v) is 19.0. The average molecular weight is 1010 g/mol. The molecule has 16 rings (SSSR count). The second kappa shape index (κ2) is 17.3. The molecular formula is C72H47N3SSi. The van der Waals surface area contributed by atoms with Crippen molar-refractivity contribution < 1.29 is 0 Å². The Bertz CT molecular complexity index is 4840. The van der Waals surface area contributed by atoms with E-state index in [-0.39, 0.29) is 0 Å². The zero-order valence-electron chi connectivity index (χ0n) is 41.9. The van der Waals surface area contributed by atoms with Gasteiger partial charge in [0.25, 0.3) is 0 Å². The van der Waals surface area contributed by atoms with E-state index < -0.39 is 8.07 Å². The minimum atomic E-state index is -2.79. The van der Waals surface area contributed by atoms with E-state index in [0.29, 0.717) is 0 Å². The van der Waals surface area contributed by atoms with Crippen molar-refractivity contribution in [2.45, 2.75) is 0 Å². The first-order valence-electron chi connectivity index (χ1n) is 26.5. The molecule has 12 aromatic carbocycles. The molecule has 0 bridgehead atoms. The van der Waals surface area contributed by atoms with Crippen molar-refractivity contribution >= 4 is 126 Å². The number of nitrogens with zero attached hydrogens (tertiary/aromatic N) is 3. The standard InChI is InChI=1S/C72H47N3SSi/c1-4-20-53(21-5-1)77(54-22-6-2-7-23-54,55-24-8-3-9-25-55)56-26-18-19-50(45-56)73-67-33-16-12-29-59(67)63-47-52(38-41-68(63)73)75-69-42-37-51(74-65-31-14-10-27-57(65)58-28-11-15-32-66(58)74)46-64(69)60-39-35-48(43-70(60)75)49-36-40-62-61-30-13-17-34-71(61)76-72(62)44-49/h1-47H. The van der Waals surface area contributed by atoms with Crippen LogP contribution >= 0.6 is 11.3 Å². The van der Waals surface area contributed by atoms with Gasteiger partial charge < -0.3 is 13.7 Å². The van der Waals surface area contributed by atoms with Crippen molar-refractivity contribution in [2.24, 2.45) is 0 Å².